The molecule has 4 saturated carbocycles. The summed E-state index contributed by atoms with van der Waals surface area (Å²) in [5.74, 6) is 0.856. The van der Waals surface area contributed by atoms with Crippen LogP contribution in [0.2, 0.25) is 0 Å². The van der Waals surface area contributed by atoms with E-state index in [9.17, 15) is 14.4 Å². The SMILES string of the molecule is O=C(Cn1ccc(=O)[nH]c1=O)NC12CC3CC(C1)CC(n1ncnn1)(C3)C2. The Labute approximate surface area is 154 Å². The summed E-state index contributed by atoms with van der Waals surface area (Å²) in [5.41, 5.74) is -1.52. The summed E-state index contributed by atoms with van der Waals surface area (Å²) < 4.78 is 1.21. The van der Waals surface area contributed by atoms with Gasteiger partial charge in [0.25, 0.3) is 5.56 Å². The van der Waals surface area contributed by atoms with Crippen LogP contribution in [-0.4, -0.2) is 41.2 Å². The molecule has 2 unspecified atom stereocenters. The molecule has 4 fully saturated rings. The molecule has 0 radical (unpaired) electrons. The largest absolute Gasteiger partial charge is 0.349 e. The van der Waals surface area contributed by atoms with Crippen molar-refractivity contribution in [2.75, 3.05) is 0 Å². The second-order valence-electron chi connectivity index (χ2n) is 8.48. The molecule has 2 N–H and O–H groups in total. The van der Waals surface area contributed by atoms with E-state index in [-0.39, 0.29) is 23.5 Å². The van der Waals surface area contributed by atoms with Crippen molar-refractivity contribution in [2.45, 2.75) is 56.1 Å². The Morgan fingerprint density at radius 1 is 1.26 bits per heavy atom. The molecular weight excluding hydrogens is 350 g/mol. The molecular formula is C17H21N7O3. The van der Waals surface area contributed by atoms with Gasteiger partial charge in [-0.05, 0) is 55.6 Å². The molecule has 142 valence electrons. The number of nitrogens with zero attached hydrogens (tertiary/aromatic N) is 5. The third-order valence-corrected chi connectivity index (χ3v) is 6.42. The van der Waals surface area contributed by atoms with Crippen LogP contribution in [0, 0.1) is 11.8 Å². The predicted octanol–water partition coefficient (Wildman–Crippen LogP) is -0.613. The van der Waals surface area contributed by atoms with Gasteiger partial charge in [0, 0.05) is 17.8 Å². The van der Waals surface area contributed by atoms with Gasteiger partial charge in [0.05, 0.1) is 5.54 Å². The van der Waals surface area contributed by atoms with Crippen molar-refractivity contribution in [2.24, 2.45) is 11.8 Å². The number of hydrogen-bond acceptors (Lipinski definition) is 6. The highest BCUT2D eigenvalue weighted by Gasteiger charge is 2.60. The molecule has 10 nitrogen and oxygen atoms in total. The highest BCUT2D eigenvalue weighted by molar-refractivity contribution is 5.76. The molecule has 2 atom stereocenters. The predicted molar refractivity (Wildman–Crippen MR) is 92.7 cm³/mol. The van der Waals surface area contributed by atoms with Gasteiger partial charge in [-0.25, -0.2) is 4.79 Å². The van der Waals surface area contributed by atoms with E-state index in [2.05, 4.69) is 25.7 Å². The number of amides is 1. The minimum atomic E-state index is -0.577. The van der Waals surface area contributed by atoms with E-state index in [1.54, 1.807) is 4.80 Å². The van der Waals surface area contributed by atoms with Crippen LogP contribution in [0.5, 0.6) is 0 Å². The first kappa shape index (κ1) is 16.4. The van der Waals surface area contributed by atoms with Crippen LogP contribution < -0.4 is 16.6 Å². The molecule has 0 aromatic carbocycles. The van der Waals surface area contributed by atoms with Crippen LogP contribution >= 0.6 is 0 Å². The minimum Gasteiger partial charge on any atom is -0.349 e. The number of H-pyrrole nitrogens is 1. The summed E-state index contributed by atoms with van der Waals surface area (Å²) in [5, 5.41) is 15.6. The van der Waals surface area contributed by atoms with E-state index >= 15 is 0 Å². The van der Waals surface area contributed by atoms with Crippen molar-refractivity contribution in [1.29, 1.82) is 0 Å². The van der Waals surface area contributed by atoms with E-state index in [1.165, 1.54) is 29.6 Å². The van der Waals surface area contributed by atoms with Gasteiger partial charge >= 0.3 is 5.69 Å². The fourth-order valence-electron chi connectivity index (χ4n) is 6.04. The molecule has 4 aliphatic rings. The zero-order valence-electron chi connectivity index (χ0n) is 14.8. The molecule has 2 aromatic heterocycles. The molecule has 0 spiro atoms. The highest BCUT2D eigenvalue weighted by atomic mass is 16.2. The lowest BCUT2D eigenvalue weighted by Gasteiger charge is -2.61. The van der Waals surface area contributed by atoms with Crippen LogP contribution in [0.3, 0.4) is 0 Å². The summed E-state index contributed by atoms with van der Waals surface area (Å²) in [6, 6.07) is 1.24. The van der Waals surface area contributed by atoms with E-state index in [1.807, 2.05) is 0 Å². The van der Waals surface area contributed by atoms with Crippen LogP contribution in [0.4, 0.5) is 0 Å². The first-order valence-electron chi connectivity index (χ1n) is 9.30. The monoisotopic (exact) mass is 371 g/mol. The average molecular weight is 371 g/mol. The van der Waals surface area contributed by atoms with Gasteiger partial charge in [0.1, 0.15) is 6.54 Å². The quantitative estimate of drug-likeness (QED) is 0.738. The number of hydrogen-bond donors (Lipinski definition) is 2. The normalized spacial score (nSPS) is 33.9. The third-order valence-electron chi connectivity index (χ3n) is 6.42. The lowest BCUT2D eigenvalue weighted by molar-refractivity contribution is -0.132. The van der Waals surface area contributed by atoms with Gasteiger partial charge in [-0.2, -0.15) is 4.80 Å². The summed E-state index contributed by atoms with van der Waals surface area (Å²) in [6.07, 6.45) is 8.74. The van der Waals surface area contributed by atoms with E-state index in [4.69, 9.17) is 0 Å². The van der Waals surface area contributed by atoms with E-state index in [0.717, 1.165) is 32.1 Å². The van der Waals surface area contributed by atoms with Gasteiger partial charge in [0.15, 0.2) is 6.33 Å². The van der Waals surface area contributed by atoms with Crippen LogP contribution in [0.1, 0.15) is 38.5 Å². The van der Waals surface area contributed by atoms with Gasteiger partial charge in [0.2, 0.25) is 5.91 Å². The smallest absolute Gasteiger partial charge is 0.328 e. The number of aromatic amines is 1. The van der Waals surface area contributed by atoms with Crippen molar-refractivity contribution in [1.82, 2.24) is 35.1 Å². The van der Waals surface area contributed by atoms with Gasteiger partial charge in [-0.3, -0.25) is 19.1 Å². The van der Waals surface area contributed by atoms with Gasteiger partial charge in [-0.1, -0.05) is 0 Å². The van der Waals surface area contributed by atoms with Crippen molar-refractivity contribution < 1.29 is 4.79 Å². The van der Waals surface area contributed by atoms with Crippen molar-refractivity contribution >= 4 is 5.91 Å². The van der Waals surface area contributed by atoms with Crippen molar-refractivity contribution in [3.63, 3.8) is 0 Å². The number of carbonyl (C=O) groups is 1. The molecule has 0 saturated heterocycles. The van der Waals surface area contributed by atoms with Gasteiger partial charge < -0.3 is 5.32 Å². The zero-order valence-corrected chi connectivity index (χ0v) is 14.8. The summed E-state index contributed by atoms with van der Waals surface area (Å²) in [7, 11) is 0. The summed E-state index contributed by atoms with van der Waals surface area (Å²) in [6.45, 7) is -0.110. The van der Waals surface area contributed by atoms with E-state index in [0.29, 0.717) is 11.8 Å². The number of aromatic nitrogens is 6. The molecule has 0 aliphatic heterocycles. The minimum absolute atomic E-state index is 0.110. The molecule has 27 heavy (non-hydrogen) atoms. The zero-order chi connectivity index (χ0) is 18.6. The summed E-state index contributed by atoms with van der Waals surface area (Å²) >= 11 is 0. The molecule has 4 bridgehead atoms. The molecule has 2 heterocycles. The number of nitrogens with one attached hydrogen (secondary N) is 2. The Kier molecular flexibility index (Phi) is 3.40. The Hall–Kier alpha value is -2.78. The van der Waals surface area contributed by atoms with Crippen molar-refractivity contribution in [3.05, 3.63) is 39.4 Å². The lowest BCUT2D eigenvalue weighted by atomic mass is 9.50. The third kappa shape index (κ3) is 2.70. The second-order valence-corrected chi connectivity index (χ2v) is 8.48. The number of carbonyl (C=O) groups excluding carboxylic acids is 1. The van der Waals surface area contributed by atoms with Crippen molar-refractivity contribution in [3.8, 4) is 0 Å². The van der Waals surface area contributed by atoms with Crippen LogP contribution in [-0.2, 0) is 16.9 Å². The fourth-order valence-corrected chi connectivity index (χ4v) is 6.04. The van der Waals surface area contributed by atoms with Crippen LogP contribution in [0.25, 0.3) is 0 Å². The maximum absolute atomic E-state index is 12.7. The first-order chi connectivity index (χ1) is 13.0. The van der Waals surface area contributed by atoms with Crippen LogP contribution in [0.15, 0.2) is 28.2 Å². The fraction of sp³-hybridized carbons (Fsp3) is 0.647. The molecule has 2 aromatic rings. The second kappa shape index (κ2) is 5.61. The highest BCUT2D eigenvalue weighted by Crippen LogP contribution is 2.60. The molecule has 10 heteroatoms. The average Bonchev–Trinajstić information content (AvgIpc) is 3.11. The number of rotatable bonds is 4. The topological polar surface area (TPSA) is 128 Å². The van der Waals surface area contributed by atoms with E-state index < -0.39 is 11.2 Å². The Morgan fingerprint density at radius 3 is 2.70 bits per heavy atom. The molecule has 6 rings (SSSR count). The van der Waals surface area contributed by atoms with Gasteiger partial charge in [-0.15, -0.1) is 10.2 Å². The lowest BCUT2D eigenvalue weighted by Crippen LogP contribution is -2.66. The Balaban J connectivity index is 1.39. The first-order valence-corrected chi connectivity index (χ1v) is 9.30. The summed E-state index contributed by atoms with van der Waals surface area (Å²) in [4.78, 5) is 39.7. The maximum atomic E-state index is 12.7. The maximum Gasteiger partial charge on any atom is 0.328 e. The standard InChI is InChI=1S/C17H21N7O3/c25-13-1-2-23(15(27)20-13)8-14(26)21-16-4-11-3-12(5-16)7-17(6-11,9-16)24-19-10-18-22-24/h1-2,10-12H,3-9H2,(H,21,26)(H,20,25,27). The number of tetrazole rings is 1. The Bertz CT molecular complexity index is 978. The molecule has 4 aliphatic carbocycles. The molecule has 1 amide bonds. The Morgan fingerprint density at radius 2 is 2.04 bits per heavy atom.